The van der Waals surface area contributed by atoms with E-state index < -0.39 is 11.4 Å². The zero-order valence-electron chi connectivity index (χ0n) is 55.9. The van der Waals surface area contributed by atoms with Crippen LogP contribution in [0, 0.1) is 0 Å². The van der Waals surface area contributed by atoms with E-state index in [1.165, 1.54) is 344 Å². The fourth-order valence-corrected chi connectivity index (χ4v) is 16.9. The van der Waals surface area contributed by atoms with Gasteiger partial charge in [-0.1, -0.05) is 331 Å². The van der Waals surface area contributed by atoms with E-state index in [2.05, 4.69) is 76.3 Å². The molecule has 4 nitrogen and oxygen atoms in total. The van der Waals surface area contributed by atoms with Gasteiger partial charge in [-0.05, 0) is 140 Å². The number of allylic oxidation sites excluding steroid dienone is 8. The largest absolute Gasteiger partial charge is 2.00 e. The van der Waals surface area contributed by atoms with E-state index in [4.69, 9.17) is 32.7 Å². The third-order valence-electron chi connectivity index (χ3n) is 15.6. The van der Waals surface area contributed by atoms with Crippen LogP contribution in [-0.4, -0.2) is 24.7 Å². The Morgan fingerprint density at radius 2 is 0.410 bits per heavy atom. The zero-order valence-corrected chi connectivity index (χ0v) is 63.9. The minimum Gasteiger partial charge on any atom is -0.793 e. The van der Waals surface area contributed by atoms with Crippen LogP contribution in [0.3, 0.4) is 0 Å². The molecule has 2 unspecified atom stereocenters. The van der Waals surface area contributed by atoms with E-state index in [1.807, 2.05) is 0 Å². The monoisotopic (exact) mass is 1320 g/mol. The molecule has 0 saturated heterocycles. The van der Waals surface area contributed by atoms with Gasteiger partial charge in [0.05, 0.1) is 13.2 Å². The van der Waals surface area contributed by atoms with Gasteiger partial charge in [-0.15, -0.1) is 22.8 Å². The maximum atomic E-state index is 12.5. The molecule has 0 rings (SSSR count). The average molecular weight is 1330 g/mol. The molecule has 0 N–H and O–H groups in total. The first-order chi connectivity index (χ1) is 40.2. The quantitative estimate of drug-likeness (QED) is 0.0258. The molecule has 0 aromatic carbocycles. The van der Waals surface area contributed by atoms with Crippen molar-refractivity contribution in [2.75, 3.05) is 24.7 Å². The Kier molecular flexibility index (Phi) is 82.9. The average Bonchev–Trinajstić information content (AvgIpc) is 3.46. The Morgan fingerprint density at radius 3 is 0.602 bits per heavy atom. The third-order valence-corrected chi connectivity index (χ3v) is 24.3. The molecule has 0 bridgehead atoms. The van der Waals surface area contributed by atoms with Crippen LogP contribution in [0.1, 0.15) is 387 Å². The van der Waals surface area contributed by atoms with E-state index >= 15 is 0 Å². The molecule has 0 aromatic heterocycles. The van der Waals surface area contributed by atoms with Crippen molar-refractivity contribution in [3.63, 3.8) is 0 Å². The van der Waals surface area contributed by atoms with Crippen molar-refractivity contribution in [2.45, 2.75) is 387 Å². The predicted molar refractivity (Wildman–Crippen MR) is 383 cm³/mol. The molecular formula is C72H140O4P2S4Zn. The summed E-state index contributed by atoms with van der Waals surface area (Å²) in [4.78, 5) is 25.0. The Hall–Kier alpha value is 1.42. The molecule has 0 radical (unpaired) electrons. The second-order valence-corrected chi connectivity index (χ2v) is 36.3. The molecule has 0 aromatic rings. The fourth-order valence-electron chi connectivity index (χ4n) is 10.2. The van der Waals surface area contributed by atoms with Gasteiger partial charge in [-0.2, -0.15) is 0 Å². The predicted octanol–water partition coefficient (Wildman–Crippen LogP) is 26.8. The molecule has 488 valence electrons. The van der Waals surface area contributed by atoms with Crippen LogP contribution in [-0.2, 0) is 52.1 Å². The Labute approximate surface area is 552 Å². The van der Waals surface area contributed by atoms with E-state index in [-0.39, 0.29) is 19.5 Å². The SMILES string of the molecule is CCCCCCCCC=CCCCCCCCCOP([O-])(=S)SCCCCCCCCC=CCCCCCCCC.CCCCCCCCC=CCCCCCCCCOP([O-])(=S)SCCCCCCCCC=CCCCCCCCC.[Zn+2]. The van der Waals surface area contributed by atoms with Crippen LogP contribution < -0.4 is 9.79 Å². The molecule has 0 aliphatic rings. The molecule has 83 heavy (non-hydrogen) atoms. The topological polar surface area (TPSA) is 64.6 Å². The van der Waals surface area contributed by atoms with E-state index in [0.29, 0.717) is 13.2 Å². The summed E-state index contributed by atoms with van der Waals surface area (Å²) in [6.45, 7) is 10.2. The van der Waals surface area contributed by atoms with Crippen molar-refractivity contribution in [1.82, 2.24) is 0 Å². The standard InChI is InChI=1S/2C36H71O2PS2.Zn/c2*1-3-5-7-9-11-13-15-17-19-21-23-25-27-29-31-33-35-38-39(37,40)41-36-34-32-30-28-26-24-22-20-18-16-14-12-10-8-6-4-2;/h2*17-20H,3-16,21-36H2,1-2H3,(H,37,40);/q;;+2/p-2. The van der Waals surface area contributed by atoms with Crippen molar-refractivity contribution in [1.29, 1.82) is 0 Å². The summed E-state index contributed by atoms with van der Waals surface area (Å²) in [5, 5.41) is 0. The minimum atomic E-state index is -2.89. The molecule has 0 aliphatic heterocycles. The summed E-state index contributed by atoms with van der Waals surface area (Å²) in [6.07, 6.45) is 92.0. The van der Waals surface area contributed by atoms with Gasteiger partial charge in [-0.3, -0.25) is 0 Å². The Balaban J connectivity index is -0.00000152. The number of hydrogen-bond donors (Lipinski definition) is 0. The summed E-state index contributed by atoms with van der Waals surface area (Å²) in [5.74, 6) is 1.74. The van der Waals surface area contributed by atoms with Gasteiger partial charge < -0.3 is 18.8 Å². The third kappa shape index (κ3) is 83.4. The van der Waals surface area contributed by atoms with Crippen LogP contribution in [0.25, 0.3) is 0 Å². The summed E-state index contributed by atoms with van der Waals surface area (Å²) >= 11 is 13.3. The maximum Gasteiger partial charge on any atom is 2.00 e. The minimum absolute atomic E-state index is 0. The number of unbranched alkanes of at least 4 members (excludes halogenated alkanes) is 48. The van der Waals surface area contributed by atoms with Crippen LogP contribution >= 0.6 is 34.2 Å². The number of hydrogen-bond acceptors (Lipinski definition) is 8. The van der Waals surface area contributed by atoms with E-state index in [9.17, 15) is 9.79 Å². The van der Waals surface area contributed by atoms with Crippen LogP contribution in [0.4, 0.5) is 0 Å². The molecule has 0 fully saturated rings. The molecule has 0 aliphatic carbocycles. The molecule has 11 heteroatoms. The Bertz CT molecular complexity index is 1230. The van der Waals surface area contributed by atoms with Crippen LogP contribution in [0.5, 0.6) is 0 Å². The summed E-state index contributed by atoms with van der Waals surface area (Å²) in [5.41, 5.74) is -5.77. The fraction of sp³-hybridized carbons (Fsp3) is 0.889. The molecule has 0 heterocycles. The van der Waals surface area contributed by atoms with E-state index in [0.717, 1.165) is 50.0 Å². The normalized spacial score (nSPS) is 13.4. The molecule has 0 saturated carbocycles. The van der Waals surface area contributed by atoms with Gasteiger partial charge in [0.25, 0.3) is 0 Å². The maximum absolute atomic E-state index is 12.5. The van der Waals surface area contributed by atoms with Gasteiger partial charge >= 0.3 is 19.5 Å². The summed E-state index contributed by atoms with van der Waals surface area (Å²) in [6, 6.07) is 0. The first-order valence-electron chi connectivity index (χ1n) is 36.0. The summed E-state index contributed by atoms with van der Waals surface area (Å²) in [7, 11) is 0. The van der Waals surface area contributed by atoms with Crippen molar-refractivity contribution >= 4 is 57.8 Å². The van der Waals surface area contributed by atoms with Gasteiger partial charge in [-0.25, -0.2) is 0 Å². The van der Waals surface area contributed by atoms with Crippen LogP contribution in [0.2, 0.25) is 0 Å². The van der Waals surface area contributed by atoms with E-state index in [1.54, 1.807) is 0 Å². The summed E-state index contributed by atoms with van der Waals surface area (Å²) < 4.78 is 11.2. The smallest absolute Gasteiger partial charge is 0.793 e. The van der Waals surface area contributed by atoms with Gasteiger partial charge in [0.2, 0.25) is 0 Å². The number of rotatable bonds is 68. The van der Waals surface area contributed by atoms with Crippen LogP contribution in [0.15, 0.2) is 48.6 Å². The molecular weight excluding hydrogens is 1180 g/mol. The first-order valence-corrected chi connectivity index (χ1v) is 44.5. The molecule has 2 atom stereocenters. The van der Waals surface area contributed by atoms with Crippen molar-refractivity contribution in [3.05, 3.63) is 48.6 Å². The zero-order chi connectivity index (χ0) is 59.9. The van der Waals surface area contributed by atoms with Gasteiger partial charge in [0, 0.05) is 11.4 Å². The molecule has 0 spiro atoms. The second kappa shape index (κ2) is 77.7. The second-order valence-electron chi connectivity index (χ2n) is 24.0. The van der Waals surface area contributed by atoms with Crippen molar-refractivity contribution < 1.29 is 38.3 Å². The van der Waals surface area contributed by atoms with Crippen molar-refractivity contribution in [2.24, 2.45) is 0 Å². The Morgan fingerprint density at radius 1 is 0.253 bits per heavy atom. The van der Waals surface area contributed by atoms with Crippen molar-refractivity contribution in [3.8, 4) is 0 Å². The van der Waals surface area contributed by atoms with Gasteiger partial charge in [0.15, 0.2) is 0 Å². The van der Waals surface area contributed by atoms with Gasteiger partial charge in [0.1, 0.15) is 0 Å². The first kappa shape index (κ1) is 88.6. The molecule has 0 amide bonds.